The molecule has 222 valence electrons. The lowest BCUT2D eigenvalue weighted by Crippen LogP contribution is -2.40. The van der Waals surface area contributed by atoms with Gasteiger partial charge in [0.05, 0.1) is 11.4 Å². The maximum absolute atomic E-state index is 13.5. The number of amidine groups is 1. The van der Waals surface area contributed by atoms with E-state index in [0.29, 0.717) is 12.3 Å². The normalized spacial score (nSPS) is 17.5. The van der Waals surface area contributed by atoms with E-state index in [-0.39, 0.29) is 15.3 Å². The Morgan fingerprint density at radius 2 is 1.48 bits per heavy atom. The summed E-state index contributed by atoms with van der Waals surface area (Å²) in [6.45, 7) is 9.23. The van der Waals surface area contributed by atoms with Crippen LogP contribution >= 0.6 is 0 Å². The topological polar surface area (TPSA) is 83.4 Å². The van der Waals surface area contributed by atoms with E-state index >= 15 is 0 Å². The number of nitrogens with zero attached hydrogens (tertiary/aromatic N) is 3. The third-order valence-electron chi connectivity index (χ3n) is 8.00. The summed E-state index contributed by atoms with van der Waals surface area (Å²) in [5.74, 6) is 0.369. The van der Waals surface area contributed by atoms with Crippen LogP contribution in [0.3, 0.4) is 0 Å². The van der Waals surface area contributed by atoms with Crippen LogP contribution in [0.4, 0.5) is 0 Å². The average Bonchev–Trinajstić information content (AvgIpc) is 3.62. The Labute approximate surface area is 253 Å². The Morgan fingerprint density at radius 3 is 2.00 bits per heavy atom. The summed E-state index contributed by atoms with van der Waals surface area (Å²) in [7, 11) is -4.98. The fourth-order valence-electron chi connectivity index (χ4n) is 5.80. The Bertz CT molecular complexity index is 1470. The van der Waals surface area contributed by atoms with Gasteiger partial charge in [0.1, 0.15) is 11.4 Å². The first-order valence-corrected chi connectivity index (χ1v) is 17.6. The summed E-state index contributed by atoms with van der Waals surface area (Å²) in [6, 6.07) is 27.4. The van der Waals surface area contributed by atoms with Gasteiger partial charge in [-0.25, -0.2) is 5.12 Å². The Hall–Kier alpha value is -3.27. The van der Waals surface area contributed by atoms with Gasteiger partial charge in [-0.05, 0) is 46.7 Å². The fourth-order valence-corrected chi connectivity index (χ4v) is 7.99. The van der Waals surface area contributed by atoms with Crippen molar-refractivity contribution in [3.8, 4) is 0 Å². The summed E-state index contributed by atoms with van der Waals surface area (Å²) in [5.41, 5.74) is 5.26. The molecule has 1 saturated carbocycles. The van der Waals surface area contributed by atoms with Gasteiger partial charge in [0.2, 0.25) is 0 Å². The van der Waals surface area contributed by atoms with E-state index in [1.54, 1.807) is 17.3 Å². The van der Waals surface area contributed by atoms with Crippen molar-refractivity contribution >= 4 is 31.8 Å². The van der Waals surface area contributed by atoms with Crippen LogP contribution in [0.25, 0.3) is 0 Å². The maximum atomic E-state index is 13.5. The summed E-state index contributed by atoms with van der Waals surface area (Å²) in [4.78, 5) is 0.138. The highest BCUT2D eigenvalue weighted by Gasteiger charge is 2.39. The Balaban J connectivity index is 1.47. The van der Waals surface area contributed by atoms with Crippen molar-refractivity contribution in [3.63, 3.8) is 0 Å². The molecule has 0 atom stereocenters. The van der Waals surface area contributed by atoms with Gasteiger partial charge in [-0.15, -0.1) is 4.40 Å². The van der Waals surface area contributed by atoms with Gasteiger partial charge in [-0.3, -0.25) is 5.43 Å². The van der Waals surface area contributed by atoms with Crippen molar-refractivity contribution in [2.24, 2.45) is 14.9 Å². The van der Waals surface area contributed by atoms with Crippen LogP contribution < -0.4 is 5.43 Å². The highest BCUT2D eigenvalue weighted by molar-refractivity contribution is 7.90. The van der Waals surface area contributed by atoms with Crippen LogP contribution in [0.5, 0.6) is 0 Å². The summed E-state index contributed by atoms with van der Waals surface area (Å²) in [5, 5.41) is 6.28. The second-order valence-electron chi connectivity index (χ2n) is 12.6. The van der Waals surface area contributed by atoms with Crippen LogP contribution in [0.1, 0.15) is 76.5 Å². The molecule has 2 aliphatic rings. The Kier molecular flexibility index (Phi) is 8.73. The van der Waals surface area contributed by atoms with Crippen LogP contribution in [-0.4, -0.2) is 41.9 Å². The number of rotatable bonds is 9. The van der Waals surface area contributed by atoms with E-state index in [1.165, 1.54) is 12.8 Å². The van der Waals surface area contributed by atoms with Crippen molar-refractivity contribution < 1.29 is 12.8 Å². The molecule has 7 nitrogen and oxygen atoms in total. The lowest BCUT2D eigenvalue weighted by molar-refractivity contribution is 0.156. The van der Waals surface area contributed by atoms with Gasteiger partial charge in [0, 0.05) is 18.1 Å². The third-order valence-corrected chi connectivity index (χ3v) is 10.8. The summed E-state index contributed by atoms with van der Waals surface area (Å²) < 4.78 is 38.1. The predicted octanol–water partition coefficient (Wildman–Crippen LogP) is 6.16. The van der Waals surface area contributed by atoms with E-state index in [0.717, 1.165) is 36.1 Å². The molecule has 0 amide bonds. The predicted molar refractivity (Wildman–Crippen MR) is 173 cm³/mol. The van der Waals surface area contributed by atoms with E-state index in [1.807, 2.05) is 61.7 Å². The molecule has 1 spiro atoms. The molecule has 0 bridgehead atoms. The first kappa shape index (κ1) is 30.2. The number of hydrogen-bond donors (Lipinski definition) is 1. The first-order valence-electron chi connectivity index (χ1n) is 14.8. The van der Waals surface area contributed by atoms with E-state index < -0.39 is 25.4 Å². The monoisotopic (exact) mass is 602 g/mol. The molecule has 9 heteroatoms. The molecule has 3 aromatic rings. The highest BCUT2D eigenvalue weighted by Crippen LogP contribution is 2.42. The minimum absolute atomic E-state index is 0.0488. The van der Waals surface area contributed by atoms with Gasteiger partial charge >= 0.3 is 0 Å². The molecule has 1 heterocycles. The maximum Gasteiger partial charge on any atom is 0.283 e. The zero-order valence-corrected chi connectivity index (χ0v) is 27.3. The third kappa shape index (κ3) is 6.53. The fraction of sp³-hybridized carbons (Fsp3) is 0.394. The van der Waals surface area contributed by atoms with E-state index in [4.69, 9.17) is 4.43 Å². The number of benzene rings is 3. The van der Waals surface area contributed by atoms with Crippen LogP contribution in [0.15, 0.2) is 99.3 Å². The smallest absolute Gasteiger partial charge is 0.283 e. The van der Waals surface area contributed by atoms with Crippen molar-refractivity contribution in [1.82, 2.24) is 10.5 Å². The molecule has 1 aliphatic heterocycles. The van der Waals surface area contributed by atoms with Crippen molar-refractivity contribution in [1.29, 1.82) is 0 Å². The first-order chi connectivity index (χ1) is 20.1. The molecule has 0 aromatic heterocycles. The molecule has 1 fully saturated rings. The molecule has 1 aliphatic carbocycles. The number of hydrazone groups is 1. The second kappa shape index (κ2) is 12.1. The van der Waals surface area contributed by atoms with Crippen molar-refractivity contribution in [2.75, 3.05) is 6.54 Å². The molecular formula is C33H42N4O3SSi. The van der Waals surface area contributed by atoms with Crippen molar-refractivity contribution in [2.45, 2.75) is 75.3 Å². The van der Waals surface area contributed by atoms with Crippen LogP contribution in [0, 0.1) is 5.41 Å². The molecular weight excluding hydrogens is 561 g/mol. The van der Waals surface area contributed by atoms with Crippen molar-refractivity contribution in [3.05, 3.63) is 102 Å². The number of hydrogen-bond acceptors (Lipinski definition) is 5. The standard InChI is InChI=1S/C33H42N4O3SSi/c1-5-30(35-37-25-32(24-34-37)22-12-13-23-32)36-41(38,39)29-20-18-28(19-21-29)33(40-42-31(2,3)4,26-14-8-6-9-15-26)27-16-10-7-11-17-27/h6-11,14-21,24H,5,12-13,22-23,25,42H2,1-4H3,(H,35,36). The second-order valence-corrected chi connectivity index (χ2v) is 16.9. The molecule has 0 unspecified atom stereocenters. The van der Waals surface area contributed by atoms with Gasteiger partial charge in [-0.1, -0.05) is 113 Å². The quantitative estimate of drug-likeness (QED) is 0.137. The largest absolute Gasteiger partial charge is 0.406 e. The molecule has 0 radical (unpaired) electrons. The molecule has 1 N–H and O–H groups in total. The van der Waals surface area contributed by atoms with Gasteiger partial charge in [0.15, 0.2) is 9.76 Å². The molecule has 3 aromatic carbocycles. The number of nitrogens with one attached hydrogen (secondary N) is 1. The summed E-state index contributed by atoms with van der Waals surface area (Å²) in [6.07, 6.45) is 7.10. The highest BCUT2D eigenvalue weighted by atomic mass is 32.2. The zero-order chi connectivity index (χ0) is 29.8. The van der Waals surface area contributed by atoms with Crippen LogP contribution in [-0.2, 0) is 20.1 Å². The SMILES string of the molecule is CCC(=NS(=O)(=O)c1ccc(C(O[SiH2]C(C)(C)C)(c2ccccc2)c2ccccc2)cc1)NN1CC2(C=N1)CCCC2. The minimum Gasteiger partial charge on any atom is -0.406 e. The van der Waals surface area contributed by atoms with E-state index in [2.05, 4.69) is 60.0 Å². The zero-order valence-electron chi connectivity index (χ0n) is 25.1. The number of hydrazine groups is 1. The summed E-state index contributed by atoms with van der Waals surface area (Å²) >= 11 is 0. The molecule has 0 saturated heterocycles. The lowest BCUT2D eigenvalue weighted by atomic mass is 9.80. The lowest BCUT2D eigenvalue weighted by Gasteiger charge is -2.38. The number of sulfonamides is 1. The van der Waals surface area contributed by atoms with Gasteiger partial charge in [0.25, 0.3) is 10.0 Å². The molecule has 42 heavy (non-hydrogen) atoms. The minimum atomic E-state index is -3.95. The average molecular weight is 603 g/mol. The van der Waals surface area contributed by atoms with Crippen LogP contribution in [0.2, 0.25) is 5.04 Å². The molecule has 5 rings (SSSR count). The Morgan fingerprint density at radius 1 is 0.929 bits per heavy atom. The van der Waals surface area contributed by atoms with Gasteiger partial charge in [-0.2, -0.15) is 13.5 Å². The van der Waals surface area contributed by atoms with Gasteiger partial charge < -0.3 is 4.43 Å². The van der Waals surface area contributed by atoms with E-state index in [9.17, 15) is 8.42 Å².